The summed E-state index contributed by atoms with van der Waals surface area (Å²) in [6.45, 7) is 7.16. The van der Waals surface area contributed by atoms with Gasteiger partial charge >= 0.3 is 0 Å². The molecule has 2 N–H and O–H groups in total. The maximum atomic E-state index is 8.63. The lowest BCUT2D eigenvalue weighted by molar-refractivity contribution is 0.0938. The number of para-hydroxylation sites is 1. The first-order chi connectivity index (χ1) is 9.74. The van der Waals surface area contributed by atoms with Crippen molar-refractivity contribution in [1.82, 2.24) is 9.88 Å². The molecule has 0 fully saturated rings. The van der Waals surface area contributed by atoms with Crippen molar-refractivity contribution in [3.8, 4) is 0 Å². The number of hydrogen-bond acceptors (Lipinski definition) is 3. The predicted octanol–water partition coefficient (Wildman–Crippen LogP) is 2.32. The lowest BCUT2D eigenvalue weighted by Gasteiger charge is -2.08. The summed E-state index contributed by atoms with van der Waals surface area (Å²) in [6.07, 6.45) is 2.23. The molecular weight excluding hydrogens is 252 g/mol. The van der Waals surface area contributed by atoms with E-state index in [4.69, 9.17) is 9.84 Å². The molecule has 0 aliphatic rings. The van der Waals surface area contributed by atoms with Crippen LogP contribution in [0.2, 0.25) is 0 Å². The summed E-state index contributed by atoms with van der Waals surface area (Å²) in [6, 6.07) is 8.97. The summed E-state index contributed by atoms with van der Waals surface area (Å²) in [4.78, 5) is 0. The SMILES string of the molecule is CC(C)n1cc(CNCCOCCO)c2ccccc21. The van der Waals surface area contributed by atoms with Crippen molar-refractivity contribution >= 4 is 10.9 Å². The fourth-order valence-corrected chi connectivity index (χ4v) is 2.38. The number of aliphatic hydroxyl groups is 1. The largest absolute Gasteiger partial charge is 0.394 e. The van der Waals surface area contributed by atoms with Gasteiger partial charge in [-0.1, -0.05) is 18.2 Å². The molecule has 0 unspecified atom stereocenters. The second kappa shape index (κ2) is 7.43. The summed E-state index contributed by atoms with van der Waals surface area (Å²) >= 11 is 0. The zero-order valence-electron chi connectivity index (χ0n) is 12.3. The highest BCUT2D eigenvalue weighted by atomic mass is 16.5. The minimum Gasteiger partial charge on any atom is -0.394 e. The van der Waals surface area contributed by atoms with Gasteiger partial charge in [0.25, 0.3) is 0 Å². The molecule has 0 spiro atoms. The quantitative estimate of drug-likeness (QED) is 0.727. The van der Waals surface area contributed by atoms with Crippen LogP contribution in [0, 0.1) is 0 Å². The Morgan fingerprint density at radius 1 is 1.25 bits per heavy atom. The maximum absolute atomic E-state index is 8.63. The van der Waals surface area contributed by atoms with Crippen LogP contribution in [0.25, 0.3) is 10.9 Å². The number of nitrogens with one attached hydrogen (secondary N) is 1. The Morgan fingerprint density at radius 2 is 2.05 bits per heavy atom. The molecule has 2 aromatic rings. The topological polar surface area (TPSA) is 46.4 Å². The monoisotopic (exact) mass is 276 g/mol. The smallest absolute Gasteiger partial charge is 0.0698 e. The number of nitrogens with zero attached hydrogens (tertiary/aromatic N) is 1. The molecule has 0 bridgehead atoms. The van der Waals surface area contributed by atoms with Crippen molar-refractivity contribution in [2.75, 3.05) is 26.4 Å². The number of fused-ring (bicyclic) bond motifs is 1. The van der Waals surface area contributed by atoms with E-state index >= 15 is 0 Å². The van der Waals surface area contributed by atoms with Crippen LogP contribution in [-0.4, -0.2) is 36.0 Å². The average molecular weight is 276 g/mol. The minimum atomic E-state index is 0.0852. The lowest BCUT2D eigenvalue weighted by Crippen LogP contribution is -2.19. The predicted molar refractivity (Wildman–Crippen MR) is 81.9 cm³/mol. The molecule has 1 aromatic carbocycles. The summed E-state index contributed by atoms with van der Waals surface area (Å²) in [7, 11) is 0. The first-order valence-electron chi connectivity index (χ1n) is 7.21. The molecular formula is C16H24N2O2. The zero-order valence-corrected chi connectivity index (χ0v) is 12.3. The maximum Gasteiger partial charge on any atom is 0.0698 e. The highest BCUT2D eigenvalue weighted by Gasteiger charge is 2.09. The number of rotatable bonds is 8. The molecule has 1 aromatic heterocycles. The Bertz CT molecular complexity index is 534. The van der Waals surface area contributed by atoms with E-state index in [0.29, 0.717) is 19.3 Å². The van der Waals surface area contributed by atoms with Gasteiger partial charge < -0.3 is 19.7 Å². The molecule has 4 heteroatoms. The fourth-order valence-electron chi connectivity index (χ4n) is 2.38. The third-order valence-corrected chi connectivity index (χ3v) is 3.35. The summed E-state index contributed by atoms with van der Waals surface area (Å²) in [5.74, 6) is 0. The number of ether oxygens (including phenoxy) is 1. The minimum absolute atomic E-state index is 0.0852. The number of aromatic nitrogens is 1. The molecule has 4 nitrogen and oxygen atoms in total. The summed E-state index contributed by atoms with van der Waals surface area (Å²) in [5.41, 5.74) is 2.60. The number of aliphatic hydroxyl groups excluding tert-OH is 1. The van der Waals surface area contributed by atoms with Crippen LogP contribution < -0.4 is 5.32 Å². The standard InChI is InChI=1S/C16H24N2O2/c1-13(2)18-12-14(11-17-7-9-20-10-8-19)15-5-3-4-6-16(15)18/h3-6,12-13,17,19H,7-11H2,1-2H3. The van der Waals surface area contributed by atoms with Crippen molar-refractivity contribution in [1.29, 1.82) is 0 Å². The van der Waals surface area contributed by atoms with Crippen molar-refractivity contribution in [3.63, 3.8) is 0 Å². The molecule has 0 atom stereocenters. The first kappa shape index (κ1) is 15.0. The molecule has 0 radical (unpaired) electrons. The van der Waals surface area contributed by atoms with Gasteiger partial charge in [-0.05, 0) is 25.5 Å². The highest BCUT2D eigenvalue weighted by Crippen LogP contribution is 2.24. The zero-order chi connectivity index (χ0) is 14.4. The molecule has 0 aliphatic carbocycles. The third kappa shape index (κ3) is 3.60. The molecule has 20 heavy (non-hydrogen) atoms. The van der Waals surface area contributed by atoms with Gasteiger partial charge in [-0.25, -0.2) is 0 Å². The van der Waals surface area contributed by atoms with Crippen LogP contribution in [0.5, 0.6) is 0 Å². The van der Waals surface area contributed by atoms with E-state index in [1.54, 1.807) is 0 Å². The van der Waals surface area contributed by atoms with Gasteiger partial charge in [0.2, 0.25) is 0 Å². The van der Waals surface area contributed by atoms with Crippen LogP contribution in [0.15, 0.2) is 30.5 Å². The third-order valence-electron chi connectivity index (χ3n) is 3.35. The lowest BCUT2D eigenvalue weighted by atomic mass is 10.2. The Balaban J connectivity index is 1.99. The number of hydrogen-bond donors (Lipinski definition) is 2. The first-order valence-corrected chi connectivity index (χ1v) is 7.21. The van der Waals surface area contributed by atoms with Gasteiger partial charge in [0, 0.05) is 36.2 Å². The molecule has 0 saturated carbocycles. The van der Waals surface area contributed by atoms with Crippen molar-refractivity contribution in [2.24, 2.45) is 0 Å². The molecule has 0 aliphatic heterocycles. The molecule has 2 rings (SSSR count). The Hall–Kier alpha value is -1.36. The van der Waals surface area contributed by atoms with Crippen molar-refractivity contribution in [3.05, 3.63) is 36.0 Å². The Labute approximate surface area is 120 Å². The summed E-state index contributed by atoms with van der Waals surface area (Å²) < 4.78 is 7.55. The van der Waals surface area contributed by atoms with Gasteiger partial charge in [0.05, 0.1) is 19.8 Å². The Morgan fingerprint density at radius 3 is 2.80 bits per heavy atom. The molecule has 0 saturated heterocycles. The van der Waals surface area contributed by atoms with E-state index in [0.717, 1.165) is 13.1 Å². The van der Waals surface area contributed by atoms with Gasteiger partial charge in [-0.15, -0.1) is 0 Å². The van der Waals surface area contributed by atoms with Gasteiger partial charge in [0.15, 0.2) is 0 Å². The van der Waals surface area contributed by atoms with Crippen LogP contribution in [0.4, 0.5) is 0 Å². The van der Waals surface area contributed by atoms with Crippen molar-refractivity contribution in [2.45, 2.75) is 26.4 Å². The van der Waals surface area contributed by atoms with E-state index in [1.807, 2.05) is 0 Å². The van der Waals surface area contributed by atoms with Crippen LogP contribution in [-0.2, 0) is 11.3 Å². The second-order valence-electron chi connectivity index (χ2n) is 5.19. The van der Waals surface area contributed by atoms with Gasteiger partial charge in [-0.2, -0.15) is 0 Å². The fraction of sp³-hybridized carbons (Fsp3) is 0.500. The molecule has 1 heterocycles. The molecule has 110 valence electrons. The van der Waals surface area contributed by atoms with Crippen LogP contribution >= 0.6 is 0 Å². The highest BCUT2D eigenvalue weighted by molar-refractivity contribution is 5.84. The van der Waals surface area contributed by atoms with Gasteiger partial charge in [0.1, 0.15) is 0 Å². The molecule has 0 amide bonds. The van der Waals surface area contributed by atoms with Crippen LogP contribution in [0.3, 0.4) is 0 Å². The van der Waals surface area contributed by atoms with E-state index in [-0.39, 0.29) is 6.61 Å². The van der Waals surface area contributed by atoms with Crippen LogP contribution in [0.1, 0.15) is 25.5 Å². The van der Waals surface area contributed by atoms with Crippen molar-refractivity contribution < 1.29 is 9.84 Å². The summed E-state index contributed by atoms with van der Waals surface area (Å²) in [5, 5.41) is 13.3. The number of benzene rings is 1. The van der Waals surface area contributed by atoms with E-state index in [1.165, 1.54) is 16.5 Å². The normalized spacial score (nSPS) is 11.6. The van der Waals surface area contributed by atoms with E-state index in [2.05, 4.69) is 54.2 Å². The average Bonchev–Trinajstić information content (AvgIpc) is 2.82. The second-order valence-corrected chi connectivity index (χ2v) is 5.19. The van der Waals surface area contributed by atoms with Gasteiger partial charge in [-0.3, -0.25) is 0 Å². The van der Waals surface area contributed by atoms with E-state index < -0.39 is 0 Å². The van der Waals surface area contributed by atoms with E-state index in [9.17, 15) is 0 Å². The Kier molecular flexibility index (Phi) is 5.59.